The SMILES string of the molecule is Cc1nc(CC2CCCN(C(=O)OC(C)(C)C)CC2)cc(-c2cnc3ccc(Cl)cn23)n1. The van der Waals surface area contributed by atoms with Gasteiger partial charge >= 0.3 is 6.09 Å². The maximum Gasteiger partial charge on any atom is 0.410 e. The van der Waals surface area contributed by atoms with Gasteiger partial charge in [-0.2, -0.15) is 0 Å². The van der Waals surface area contributed by atoms with E-state index in [1.165, 1.54) is 0 Å². The van der Waals surface area contributed by atoms with E-state index >= 15 is 0 Å². The third-order valence-electron chi connectivity index (χ3n) is 5.62. The van der Waals surface area contributed by atoms with Crippen LogP contribution in [0, 0.1) is 12.8 Å². The molecule has 4 rings (SSSR count). The first-order valence-electron chi connectivity index (χ1n) is 11.1. The molecule has 0 aliphatic carbocycles. The quantitative estimate of drug-likeness (QED) is 0.533. The zero-order valence-corrected chi connectivity index (χ0v) is 19.9. The maximum atomic E-state index is 12.4. The lowest BCUT2D eigenvalue weighted by molar-refractivity contribution is 0.0255. The second kappa shape index (κ2) is 9.06. The number of amides is 1. The standard InChI is InChI=1S/C24H30ClN5O2/c1-16-27-19(12-17-6-5-10-29(11-9-17)23(31)32-24(2,3)4)13-20(28-16)21-14-26-22-8-7-18(25)15-30(21)22/h7-8,13-15,17H,5-6,9-12H2,1-4H3. The molecule has 1 amide bonds. The molecular formula is C24H30ClN5O2. The molecule has 1 aliphatic heterocycles. The van der Waals surface area contributed by atoms with E-state index in [1.807, 2.05) is 67.6 Å². The molecule has 4 heterocycles. The number of aryl methyl sites for hydroxylation is 1. The van der Waals surface area contributed by atoms with Crippen LogP contribution in [0.2, 0.25) is 5.02 Å². The Balaban J connectivity index is 1.49. The van der Waals surface area contributed by atoms with Crippen molar-refractivity contribution in [2.45, 2.75) is 59.0 Å². The molecule has 1 fully saturated rings. The van der Waals surface area contributed by atoms with Crippen molar-refractivity contribution in [3.05, 3.63) is 47.1 Å². The van der Waals surface area contributed by atoms with Gasteiger partial charge in [0.05, 0.1) is 22.6 Å². The van der Waals surface area contributed by atoms with Crippen LogP contribution in [0.25, 0.3) is 17.0 Å². The topological polar surface area (TPSA) is 72.6 Å². The van der Waals surface area contributed by atoms with Gasteiger partial charge < -0.3 is 9.64 Å². The number of halogens is 1. The maximum absolute atomic E-state index is 12.4. The minimum atomic E-state index is -0.472. The predicted octanol–water partition coefficient (Wildman–Crippen LogP) is 5.33. The lowest BCUT2D eigenvalue weighted by atomic mass is 9.95. The number of nitrogens with zero attached hydrogens (tertiary/aromatic N) is 5. The largest absolute Gasteiger partial charge is 0.444 e. The van der Waals surface area contributed by atoms with E-state index in [2.05, 4.69) is 9.97 Å². The average molecular weight is 456 g/mol. The first kappa shape index (κ1) is 22.5. The van der Waals surface area contributed by atoms with Gasteiger partial charge in [-0.1, -0.05) is 11.6 Å². The van der Waals surface area contributed by atoms with Crippen molar-refractivity contribution in [3.8, 4) is 11.4 Å². The smallest absolute Gasteiger partial charge is 0.410 e. The van der Waals surface area contributed by atoms with Crippen LogP contribution in [-0.2, 0) is 11.2 Å². The lowest BCUT2D eigenvalue weighted by Crippen LogP contribution is -2.37. The number of fused-ring (bicyclic) bond motifs is 1. The first-order chi connectivity index (χ1) is 15.2. The van der Waals surface area contributed by atoms with E-state index in [-0.39, 0.29) is 6.09 Å². The number of pyridine rings is 1. The molecule has 1 saturated heterocycles. The Kier molecular flexibility index (Phi) is 6.38. The zero-order chi connectivity index (χ0) is 22.9. The number of likely N-dealkylation sites (tertiary alicyclic amines) is 1. The predicted molar refractivity (Wildman–Crippen MR) is 125 cm³/mol. The summed E-state index contributed by atoms with van der Waals surface area (Å²) in [5.74, 6) is 1.19. The van der Waals surface area contributed by atoms with Crippen LogP contribution in [0.3, 0.4) is 0 Å². The Labute approximate surface area is 193 Å². The monoisotopic (exact) mass is 455 g/mol. The summed E-state index contributed by atoms with van der Waals surface area (Å²) in [6, 6.07) is 5.77. The summed E-state index contributed by atoms with van der Waals surface area (Å²) in [6.45, 7) is 9.07. The van der Waals surface area contributed by atoms with Crippen molar-refractivity contribution in [2.75, 3.05) is 13.1 Å². The highest BCUT2D eigenvalue weighted by Crippen LogP contribution is 2.26. The van der Waals surface area contributed by atoms with Crippen LogP contribution < -0.4 is 0 Å². The van der Waals surface area contributed by atoms with Gasteiger partial charge in [-0.05, 0) is 77.5 Å². The summed E-state index contributed by atoms with van der Waals surface area (Å²) < 4.78 is 7.51. The highest BCUT2D eigenvalue weighted by atomic mass is 35.5. The van der Waals surface area contributed by atoms with Gasteiger partial charge in [0.2, 0.25) is 0 Å². The fourth-order valence-electron chi connectivity index (χ4n) is 4.18. The third kappa shape index (κ3) is 5.38. The Bertz CT molecular complexity index is 1120. The van der Waals surface area contributed by atoms with Gasteiger partial charge in [0, 0.05) is 25.0 Å². The lowest BCUT2D eigenvalue weighted by Gasteiger charge is -2.26. The number of hydrogen-bond acceptors (Lipinski definition) is 5. The molecule has 1 atom stereocenters. The minimum Gasteiger partial charge on any atom is -0.444 e. The summed E-state index contributed by atoms with van der Waals surface area (Å²) in [5.41, 5.74) is 3.10. The van der Waals surface area contributed by atoms with Gasteiger partial charge in [0.15, 0.2) is 0 Å². The molecule has 32 heavy (non-hydrogen) atoms. The summed E-state index contributed by atoms with van der Waals surface area (Å²) in [4.78, 5) is 28.1. The Hall–Kier alpha value is -2.67. The normalized spacial score (nSPS) is 17.4. The van der Waals surface area contributed by atoms with E-state index in [0.29, 0.717) is 17.5 Å². The molecule has 0 saturated carbocycles. The van der Waals surface area contributed by atoms with Crippen LogP contribution in [0.5, 0.6) is 0 Å². The molecule has 3 aromatic rings. The van der Waals surface area contributed by atoms with Crippen molar-refractivity contribution < 1.29 is 9.53 Å². The van der Waals surface area contributed by atoms with E-state index in [9.17, 15) is 4.79 Å². The molecular weight excluding hydrogens is 426 g/mol. The van der Waals surface area contributed by atoms with Crippen LogP contribution >= 0.6 is 11.6 Å². The second-order valence-corrected chi connectivity index (χ2v) is 9.92. The van der Waals surface area contributed by atoms with Crippen molar-refractivity contribution >= 4 is 23.3 Å². The molecule has 7 nitrogen and oxygen atoms in total. The minimum absolute atomic E-state index is 0.218. The molecule has 170 valence electrons. The number of rotatable bonds is 3. The summed E-state index contributed by atoms with van der Waals surface area (Å²) in [6.07, 6.45) is 7.27. The Morgan fingerprint density at radius 1 is 1.22 bits per heavy atom. The van der Waals surface area contributed by atoms with Gasteiger partial charge in [-0.15, -0.1) is 0 Å². The van der Waals surface area contributed by atoms with Crippen molar-refractivity contribution in [1.29, 1.82) is 0 Å². The van der Waals surface area contributed by atoms with Crippen LogP contribution in [0.4, 0.5) is 4.79 Å². The number of carbonyl (C=O) groups is 1. The van der Waals surface area contributed by atoms with Gasteiger partial charge in [-0.3, -0.25) is 4.40 Å². The number of hydrogen-bond donors (Lipinski definition) is 0. The Morgan fingerprint density at radius 2 is 2.03 bits per heavy atom. The first-order valence-corrected chi connectivity index (χ1v) is 11.5. The Morgan fingerprint density at radius 3 is 2.81 bits per heavy atom. The molecule has 8 heteroatoms. The van der Waals surface area contributed by atoms with E-state index in [0.717, 1.165) is 60.8 Å². The summed E-state index contributed by atoms with van der Waals surface area (Å²) >= 11 is 6.19. The molecule has 3 aromatic heterocycles. The van der Waals surface area contributed by atoms with Gasteiger partial charge in [0.25, 0.3) is 0 Å². The highest BCUT2D eigenvalue weighted by molar-refractivity contribution is 6.30. The molecule has 0 N–H and O–H groups in total. The molecule has 0 bridgehead atoms. The number of aromatic nitrogens is 4. The summed E-state index contributed by atoms with van der Waals surface area (Å²) in [7, 11) is 0. The van der Waals surface area contributed by atoms with E-state index in [4.69, 9.17) is 21.3 Å². The van der Waals surface area contributed by atoms with Crippen LogP contribution in [0.15, 0.2) is 30.6 Å². The van der Waals surface area contributed by atoms with Crippen molar-refractivity contribution in [2.24, 2.45) is 5.92 Å². The molecule has 1 unspecified atom stereocenters. The van der Waals surface area contributed by atoms with E-state index < -0.39 is 5.60 Å². The third-order valence-corrected chi connectivity index (χ3v) is 5.84. The summed E-state index contributed by atoms with van der Waals surface area (Å²) in [5, 5.41) is 0.649. The van der Waals surface area contributed by atoms with Gasteiger partial charge in [-0.25, -0.2) is 19.7 Å². The molecule has 0 aromatic carbocycles. The average Bonchev–Trinajstić information content (AvgIpc) is 2.96. The number of ether oxygens (including phenoxy) is 1. The molecule has 0 spiro atoms. The van der Waals surface area contributed by atoms with Crippen LogP contribution in [-0.4, -0.2) is 49.0 Å². The second-order valence-electron chi connectivity index (χ2n) is 9.48. The zero-order valence-electron chi connectivity index (χ0n) is 19.1. The van der Waals surface area contributed by atoms with E-state index in [1.54, 1.807) is 0 Å². The molecule has 1 aliphatic rings. The van der Waals surface area contributed by atoms with Crippen LogP contribution in [0.1, 0.15) is 51.6 Å². The van der Waals surface area contributed by atoms with Crippen molar-refractivity contribution in [3.63, 3.8) is 0 Å². The molecule has 0 radical (unpaired) electrons. The highest BCUT2D eigenvalue weighted by Gasteiger charge is 2.25. The fraction of sp³-hybridized carbons (Fsp3) is 0.500. The van der Waals surface area contributed by atoms with Crippen molar-refractivity contribution in [1.82, 2.24) is 24.3 Å². The van der Waals surface area contributed by atoms with Gasteiger partial charge in [0.1, 0.15) is 17.1 Å². The number of imidazole rings is 1. The number of carbonyl (C=O) groups excluding carboxylic acids is 1. The fourth-order valence-corrected chi connectivity index (χ4v) is 4.34.